The molecule has 3 rings (SSSR count). The van der Waals surface area contributed by atoms with Crippen LogP contribution in [-0.2, 0) is 11.4 Å². The van der Waals surface area contributed by atoms with Crippen molar-refractivity contribution < 1.29 is 9.94 Å². The van der Waals surface area contributed by atoms with Gasteiger partial charge in [0.25, 0.3) is 0 Å². The molecular weight excluding hydrogens is 348 g/mol. The molecule has 0 spiro atoms. The minimum atomic E-state index is -0.336. The number of aliphatic hydroxyl groups is 1. The summed E-state index contributed by atoms with van der Waals surface area (Å²) in [5, 5.41) is 15.1. The van der Waals surface area contributed by atoms with Gasteiger partial charge in [-0.05, 0) is 29.7 Å². The molecule has 4 nitrogen and oxygen atoms in total. The van der Waals surface area contributed by atoms with E-state index in [1.807, 2.05) is 49.4 Å². The fourth-order valence-electron chi connectivity index (χ4n) is 3.10. The Kier molecular flexibility index (Phi) is 6.67. The van der Waals surface area contributed by atoms with E-state index in [2.05, 4.69) is 22.2 Å². The lowest BCUT2D eigenvalue weighted by molar-refractivity contribution is 0.0315. The number of halogens is 1. The Morgan fingerprint density at radius 1 is 1.19 bits per heavy atom. The normalized spacial score (nSPS) is 17.8. The summed E-state index contributed by atoms with van der Waals surface area (Å²) in [5.74, 6) is 0. The van der Waals surface area contributed by atoms with Crippen molar-refractivity contribution in [3.8, 4) is 0 Å². The van der Waals surface area contributed by atoms with Gasteiger partial charge in [0.05, 0.1) is 11.8 Å². The number of benzene rings is 2. The molecule has 2 atom stereocenters. The van der Waals surface area contributed by atoms with Crippen LogP contribution in [-0.4, -0.2) is 41.0 Å². The van der Waals surface area contributed by atoms with E-state index in [1.165, 1.54) is 5.56 Å². The molecule has 1 aliphatic heterocycles. The Balaban J connectivity index is 1.61. The fraction of sp³-hybridized carbons (Fsp3) is 0.381. The molecule has 0 amide bonds. The van der Waals surface area contributed by atoms with Gasteiger partial charge in [-0.15, -0.1) is 0 Å². The van der Waals surface area contributed by atoms with E-state index >= 15 is 0 Å². The molecule has 0 aromatic heterocycles. The first-order chi connectivity index (χ1) is 12.6. The van der Waals surface area contributed by atoms with E-state index in [0.29, 0.717) is 11.6 Å². The summed E-state index contributed by atoms with van der Waals surface area (Å²) in [4.78, 5) is 7.91. The van der Waals surface area contributed by atoms with E-state index < -0.39 is 0 Å². The van der Waals surface area contributed by atoms with Crippen molar-refractivity contribution in [3.05, 3.63) is 70.7 Å². The maximum atomic E-state index is 10.1. The predicted molar refractivity (Wildman–Crippen MR) is 105 cm³/mol. The van der Waals surface area contributed by atoms with Gasteiger partial charge in [-0.1, -0.05) is 66.1 Å². The minimum absolute atomic E-state index is 0.00607. The third-order valence-electron chi connectivity index (χ3n) is 4.56. The zero-order valence-corrected chi connectivity index (χ0v) is 15.8. The van der Waals surface area contributed by atoms with E-state index in [4.69, 9.17) is 16.4 Å². The van der Waals surface area contributed by atoms with E-state index in [-0.39, 0.29) is 12.2 Å². The number of oxime groups is 1. The SMILES string of the molecule is CC[C@@H](O)CN(Cc1ccccc1)C[C@H]1CC(c2ccc(Cl)cc2)=NO1. The lowest BCUT2D eigenvalue weighted by Crippen LogP contribution is -2.37. The molecule has 0 saturated carbocycles. The number of aliphatic hydroxyl groups excluding tert-OH is 1. The van der Waals surface area contributed by atoms with Crippen LogP contribution >= 0.6 is 11.6 Å². The number of rotatable bonds is 8. The molecule has 5 heteroatoms. The van der Waals surface area contributed by atoms with Gasteiger partial charge in [-0.25, -0.2) is 0 Å². The number of hydrogen-bond donors (Lipinski definition) is 1. The van der Waals surface area contributed by atoms with Gasteiger partial charge < -0.3 is 9.94 Å². The van der Waals surface area contributed by atoms with Crippen molar-refractivity contribution >= 4 is 17.3 Å². The van der Waals surface area contributed by atoms with Crippen LogP contribution < -0.4 is 0 Å². The molecule has 0 aliphatic carbocycles. The Hall–Kier alpha value is -1.88. The highest BCUT2D eigenvalue weighted by Crippen LogP contribution is 2.20. The molecule has 0 fully saturated rings. The maximum absolute atomic E-state index is 10.1. The van der Waals surface area contributed by atoms with Gasteiger partial charge in [0, 0.05) is 31.1 Å². The zero-order chi connectivity index (χ0) is 18.4. The predicted octanol–water partition coefficient (Wildman–Crippen LogP) is 4.11. The van der Waals surface area contributed by atoms with Crippen molar-refractivity contribution in [1.29, 1.82) is 0 Å². The van der Waals surface area contributed by atoms with Gasteiger partial charge >= 0.3 is 0 Å². The average molecular weight is 373 g/mol. The van der Waals surface area contributed by atoms with Gasteiger partial charge in [-0.2, -0.15) is 0 Å². The minimum Gasteiger partial charge on any atom is -0.392 e. The maximum Gasteiger partial charge on any atom is 0.145 e. The topological polar surface area (TPSA) is 45.1 Å². The standard InChI is InChI=1S/C21H25ClN2O2/c1-2-19(25)14-24(13-16-6-4-3-5-7-16)15-20-12-21(23-26-20)17-8-10-18(22)11-9-17/h3-11,19-20,25H,2,12-15H2,1H3/t19-,20-/m1/s1. The molecule has 2 aromatic carbocycles. The second-order valence-corrected chi connectivity index (χ2v) is 7.15. The van der Waals surface area contributed by atoms with Crippen LogP contribution in [0.5, 0.6) is 0 Å². The van der Waals surface area contributed by atoms with Crippen LogP contribution in [0.15, 0.2) is 59.8 Å². The summed E-state index contributed by atoms with van der Waals surface area (Å²) in [6.07, 6.45) is 1.16. The van der Waals surface area contributed by atoms with Crippen molar-refractivity contribution in [3.63, 3.8) is 0 Å². The molecule has 0 unspecified atom stereocenters. The van der Waals surface area contributed by atoms with Crippen LogP contribution in [0.3, 0.4) is 0 Å². The van der Waals surface area contributed by atoms with Crippen LogP contribution in [0.4, 0.5) is 0 Å². The summed E-state index contributed by atoms with van der Waals surface area (Å²) in [7, 11) is 0. The van der Waals surface area contributed by atoms with Crippen LogP contribution in [0.2, 0.25) is 5.02 Å². The van der Waals surface area contributed by atoms with Gasteiger partial charge in [0.2, 0.25) is 0 Å². The van der Waals surface area contributed by atoms with E-state index in [0.717, 1.165) is 37.2 Å². The van der Waals surface area contributed by atoms with Gasteiger partial charge in [0.1, 0.15) is 6.10 Å². The zero-order valence-electron chi connectivity index (χ0n) is 15.0. The average Bonchev–Trinajstić information content (AvgIpc) is 3.11. The van der Waals surface area contributed by atoms with Crippen molar-refractivity contribution in [2.24, 2.45) is 5.16 Å². The molecule has 0 bridgehead atoms. The molecule has 2 aromatic rings. The Morgan fingerprint density at radius 3 is 2.62 bits per heavy atom. The monoisotopic (exact) mass is 372 g/mol. The van der Waals surface area contributed by atoms with Crippen LogP contribution in [0.25, 0.3) is 0 Å². The summed E-state index contributed by atoms with van der Waals surface area (Å²) < 4.78 is 0. The highest BCUT2D eigenvalue weighted by molar-refractivity contribution is 6.30. The lowest BCUT2D eigenvalue weighted by Gasteiger charge is -2.26. The fourth-order valence-corrected chi connectivity index (χ4v) is 3.23. The molecule has 138 valence electrons. The molecule has 0 saturated heterocycles. The Bertz CT molecular complexity index is 719. The molecule has 0 radical (unpaired) electrons. The highest BCUT2D eigenvalue weighted by atomic mass is 35.5. The second kappa shape index (κ2) is 9.17. The smallest absolute Gasteiger partial charge is 0.145 e. The molecular formula is C21H25ClN2O2. The Labute approximate surface area is 160 Å². The van der Waals surface area contributed by atoms with E-state index in [1.54, 1.807) is 0 Å². The Morgan fingerprint density at radius 2 is 1.92 bits per heavy atom. The largest absolute Gasteiger partial charge is 0.392 e. The molecule has 1 heterocycles. The van der Waals surface area contributed by atoms with Crippen molar-refractivity contribution in [2.45, 2.75) is 38.5 Å². The van der Waals surface area contributed by atoms with Crippen molar-refractivity contribution in [2.75, 3.05) is 13.1 Å². The first-order valence-corrected chi connectivity index (χ1v) is 9.44. The molecule has 1 aliphatic rings. The van der Waals surface area contributed by atoms with Gasteiger partial charge in [0.15, 0.2) is 0 Å². The molecule has 1 N–H and O–H groups in total. The highest BCUT2D eigenvalue weighted by Gasteiger charge is 2.25. The summed E-state index contributed by atoms with van der Waals surface area (Å²) in [5.41, 5.74) is 3.22. The second-order valence-electron chi connectivity index (χ2n) is 6.72. The third kappa shape index (κ3) is 5.31. The first kappa shape index (κ1) is 18.9. The van der Waals surface area contributed by atoms with E-state index in [9.17, 15) is 5.11 Å². The third-order valence-corrected chi connectivity index (χ3v) is 4.81. The molecule has 26 heavy (non-hydrogen) atoms. The lowest BCUT2D eigenvalue weighted by atomic mass is 10.0. The summed E-state index contributed by atoms with van der Waals surface area (Å²) in [6, 6.07) is 18.0. The summed E-state index contributed by atoms with van der Waals surface area (Å²) >= 11 is 5.95. The quantitative estimate of drug-likeness (QED) is 0.758. The van der Waals surface area contributed by atoms with Crippen LogP contribution in [0.1, 0.15) is 30.9 Å². The van der Waals surface area contributed by atoms with Crippen molar-refractivity contribution in [1.82, 2.24) is 4.90 Å². The number of nitrogens with zero attached hydrogens (tertiary/aromatic N) is 2. The van der Waals surface area contributed by atoms with Crippen LogP contribution in [0, 0.1) is 0 Å². The van der Waals surface area contributed by atoms with Gasteiger partial charge in [-0.3, -0.25) is 4.90 Å². The first-order valence-electron chi connectivity index (χ1n) is 9.07. The number of hydrogen-bond acceptors (Lipinski definition) is 4. The summed E-state index contributed by atoms with van der Waals surface area (Å²) in [6.45, 7) is 4.14.